The van der Waals surface area contributed by atoms with Gasteiger partial charge in [-0.05, 0) is 49.6 Å². The van der Waals surface area contributed by atoms with Gasteiger partial charge in [-0.2, -0.15) is 5.10 Å². The molecule has 1 aliphatic heterocycles. The second-order valence-corrected chi connectivity index (χ2v) is 6.94. The van der Waals surface area contributed by atoms with Gasteiger partial charge in [0.2, 0.25) is 5.91 Å². The summed E-state index contributed by atoms with van der Waals surface area (Å²) >= 11 is 0. The summed E-state index contributed by atoms with van der Waals surface area (Å²) in [6, 6.07) is 15.8. The van der Waals surface area contributed by atoms with Crippen LogP contribution in [0, 0.1) is 13.8 Å². The van der Waals surface area contributed by atoms with E-state index in [1.807, 2.05) is 62.4 Å². The number of benzene rings is 2. The van der Waals surface area contributed by atoms with Crippen LogP contribution in [-0.4, -0.2) is 30.6 Å². The van der Waals surface area contributed by atoms with E-state index in [1.54, 1.807) is 0 Å². The maximum Gasteiger partial charge on any atom is 0.267 e. The fraction of sp³-hybridized carbons (Fsp3) is 0.318. The first kappa shape index (κ1) is 19.6. The van der Waals surface area contributed by atoms with E-state index in [1.165, 1.54) is 5.01 Å². The lowest BCUT2D eigenvalue weighted by molar-refractivity contribution is -0.118. The molecule has 146 valence electrons. The SMILES string of the molecule is Cc1ccc(C)c(N2N=C(C(=O)NCCCNc3ccccc3)CCC2=O)c1. The van der Waals surface area contributed by atoms with Crippen LogP contribution in [0.25, 0.3) is 0 Å². The van der Waals surface area contributed by atoms with Crippen LogP contribution in [-0.2, 0) is 9.59 Å². The zero-order valence-corrected chi connectivity index (χ0v) is 16.4. The molecule has 28 heavy (non-hydrogen) atoms. The normalized spacial score (nSPS) is 13.9. The Balaban J connectivity index is 1.55. The van der Waals surface area contributed by atoms with E-state index in [9.17, 15) is 9.59 Å². The smallest absolute Gasteiger partial charge is 0.267 e. The molecular weight excluding hydrogens is 352 g/mol. The molecule has 0 fully saturated rings. The van der Waals surface area contributed by atoms with E-state index < -0.39 is 0 Å². The third kappa shape index (κ3) is 4.97. The van der Waals surface area contributed by atoms with Gasteiger partial charge in [0.05, 0.1) is 5.69 Å². The third-order valence-electron chi connectivity index (χ3n) is 4.63. The minimum absolute atomic E-state index is 0.0858. The van der Waals surface area contributed by atoms with Crippen molar-refractivity contribution in [3.05, 3.63) is 59.7 Å². The highest BCUT2D eigenvalue weighted by Gasteiger charge is 2.26. The topological polar surface area (TPSA) is 73.8 Å². The lowest BCUT2D eigenvalue weighted by Crippen LogP contribution is -2.39. The molecule has 2 N–H and O–H groups in total. The van der Waals surface area contributed by atoms with Crippen molar-refractivity contribution in [3.63, 3.8) is 0 Å². The molecule has 2 amide bonds. The van der Waals surface area contributed by atoms with E-state index in [0.29, 0.717) is 18.7 Å². The number of anilines is 2. The van der Waals surface area contributed by atoms with E-state index in [4.69, 9.17) is 0 Å². The Morgan fingerprint density at radius 1 is 1.07 bits per heavy atom. The molecule has 0 spiro atoms. The molecule has 0 saturated heterocycles. The van der Waals surface area contributed by atoms with Gasteiger partial charge in [-0.3, -0.25) is 9.59 Å². The molecule has 0 radical (unpaired) electrons. The van der Waals surface area contributed by atoms with Gasteiger partial charge in [0.25, 0.3) is 5.91 Å². The number of hydrogen-bond donors (Lipinski definition) is 2. The number of rotatable bonds is 7. The maximum atomic E-state index is 12.5. The van der Waals surface area contributed by atoms with Gasteiger partial charge < -0.3 is 10.6 Å². The first-order valence-corrected chi connectivity index (χ1v) is 9.59. The number of amides is 2. The zero-order chi connectivity index (χ0) is 19.9. The molecule has 0 aliphatic carbocycles. The van der Waals surface area contributed by atoms with Gasteiger partial charge in [-0.1, -0.05) is 30.3 Å². The summed E-state index contributed by atoms with van der Waals surface area (Å²) in [5.41, 5.74) is 4.20. The lowest BCUT2D eigenvalue weighted by atomic mass is 10.1. The van der Waals surface area contributed by atoms with Gasteiger partial charge in [0, 0.05) is 31.6 Å². The Labute approximate surface area is 165 Å². The average molecular weight is 378 g/mol. The highest BCUT2D eigenvalue weighted by atomic mass is 16.2. The zero-order valence-electron chi connectivity index (χ0n) is 16.4. The van der Waals surface area contributed by atoms with Crippen LogP contribution in [0.15, 0.2) is 53.6 Å². The van der Waals surface area contributed by atoms with Crippen molar-refractivity contribution in [3.8, 4) is 0 Å². The number of para-hydroxylation sites is 1. The van der Waals surface area contributed by atoms with Gasteiger partial charge in [-0.25, -0.2) is 5.01 Å². The second-order valence-electron chi connectivity index (χ2n) is 6.94. The molecule has 0 aromatic heterocycles. The maximum absolute atomic E-state index is 12.5. The summed E-state index contributed by atoms with van der Waals surface area (Å²) in [7, 11) is 0. The summed E-state index contributed by atoms with van der Waals surface area (Å²) < 4.78 is 0. The molecule has 2 aromatic rings. The summed E-state index contributed by atoms with van der Waals surface area (Å²) in [4.78, 5) is 24.8. The summed E-state index contributed by atoms with van der Waals surface area (Å²) in [5.74, 6) is -0.292. The number of hydrazone groups is 1. The monoisotopic (exact) mass is 378 g/mol. The summed E-state index contributed by atoms with van der Waals surface area (Å²) in [6.07, 6.45) is 1.46. The predicted octanol–water partition coefficient (Wildman–Crippen LogP) is 3.40. The predicted molar refractivity (Wildman–Crippen MR) is 113 cm³/mol. The Kier molecular flexibility index (Phi) is 6.42. The lowest BCUT2D eigenvalue weighted by Gasteiger charge is -2.24. The minimum atomic E-state index is -0.206. The molecular formula is C22H26N4O2. The van der Waals surface area contributed by atoms with Crippen LogP contribution in [0.1, 0.15) is 30.4 Å². The fourth-order valence-electron chi connectivity index (χ4n) is 3.03. The first-order chi connectivity index (χ1) is 13.5. The molecule has 1 heterocycles. The molecule has 0 atom stereocenters. The Hall–Kier alpha value is -3.15. The molecule has 6 heteroatoms. The number of carbonyl (C=O) groups excluding carboxylic acids is 2. The highest BCUT2D eigenvalue weighted by Crippen LogP contribution is 2.25. The van der Waals surface area contributed by atoms with Crippen LogP contribution in [0.5, 0.6) is 0 Å². The average Bonchev–Trinajstić information content (AvgIpc) is 2.70. The van der Waals surface area contributed by atoms with Crippen molar-refractivity contribution in [2.24, 2.45) is 5.10 Å². The molecule has 2 aromatic carbocycles. The quantitative estimate of drug-likeness (QED) is 0.725. The number of nitrogens with zero attached hydrogens (tertiary/aromatic N) is 2. The fourth-order valence-corrected chi connectivity index (χ4v) is 3.03. The van der Waals surface area contributed by atoms with Crippen molar-refractivity contribution >= 4 is 28.9 Å². The minimum Gasteiger partial charge on any atom is -0.385 e. The standard InChI is InChI=1S/C22H26N4O2/c1-16-9-10-17(2)20(15-16)26-21(27)12-11-19(25-26)22(28)24-14-6-13-23-18-7-4-3-5-8-18/h3-5,7-10,15,23H,6,11-14H2,1-2H3,(H,24,28). The summed E-state index contributed by atoms with van der Waals surface area (Å²) in [6.45, 7) is 5.23. The number of carbonyl (C=O) groups is 2. The van der Waals surface area contributed by atoms with E-state index in [2.05, 4.69) is 15.7 Å². The van der Waals surface area contributed by atoms with Crippen molar-refractivity contribution in [2.45, 2.75) is 33.1 Å². The Morgan fingerprint density at radius 3 is 2.64 bits per heavy atom. The van der Waals surface area contributed by atoms with E-state index >= 15 is 0 Å². The van der Waals surface area contributed by atoms with Gasteiger partial charge >= 0.3 is 0 Å². The van der Waals surface area contributed by atoms with Crippen molar-refractivity contribution in [1.82, 2.24) is 5.32 Å². The first-order valence-electron chi connectivity index (χ1n) is 9.59. The van der Waals surface area contributed by atoms with Crippen LogP contribution < -0.4 is 15.6 Å². The number of hydrogen-bond acceptors (Lipinski definition) is 4. The third-order valence-corrected chi connectivity index (χ3v) is 4.63. The van der Waals surface area contributed by atoms with Crippen molar-refractivity contribution in [2.75, 3.05) is 23.4 Å². The molecule has 6 nitrogen and oxygen atoms in total. The number of nitrogens with one attached hydrogen (secondary N) is 2. The van der Waals surface area contributed by atoms with Gasteiger partial charge in [0.15, 0.2) is 0 Å². The van der Waals surface area contributed by atoms with Crippen LogP contribution in [0.3, 0.4) is 0 Å². The van der Waals surface area contributed by atoms with Crippen LogP contribution >= 0.6 is 0 Å². The Morgan fingerprint density at radius 2 is 1.86 bits per heavy atom. The van der Waals surface area contributed by atoms with Crippen molar-refractivity contribution < 1.29 is 9.59 Å². The van der Waals surface area contributed by atoms with Crippen LogP contribution in [0.4, 0.5) is 11.4 Å². The van der Waals surface area contributed by atoms with Crippen molar-refractivity contribution in [1.29, 1.82) is 0 Å². The van der Waals surface area contributed by atoms with E-state index in [-0.39, 0.29) is 18.2 Å². The molecule has 0 bridgehead atoms. The summed E-state index contributed by atoms with van der Waals surface area (Å²) in [5, 5.41) is 11.9. The highest BCUT2D eigenvalue weighted by molar-refractivity contribution is 6.40. The van der Waals surface area contributed by atoms with Gasteiger partial charge in [0.1, 0.15) is 5.71 Å². The molecule has 0 unspecified atom stereocenters. The Bertz CT molecular complexity index is 877. The van der Waals surface area contributed by atoms with E-state index in [0.717, 1.165) is 35.5 Å². The molecule has 0 saturated carbocycles. The second kappa shape index (κ2) is 9.17. The van der Waals surface area contributed by atoms with Gasteiger partial charge in [-0.15, -0.1) is 0 Å². The molecule has 3 rings (SSSR count). The number of aryl methyl sites for hydroxylation is 2. The largest absolute Gasteiger partial charge is 0.385 e. The van der Waals surface area contributed by atoms with Crippen LogP contribution in [0.2, 0.25) is 0 Å². The molecule has 1 aliphatic rings.